The van der Waals surface area contributed by atoms with Gasteiger partial charge in [-0.25, -0.2) is 0 Å². The smallest absolute Gasteiger partial charge is 0.192 e. The van der Waals surface area contributed by atoms with Crippen LogP contribution < -0.4 is 0 Å². The number of rotatable bonds is 9. The lowest BCUT2D eigenvalue weighted by molar-refractivity contribution is -0.169. The molecule has 0 aromatic heterocycles. The van der Waals surface area contributed by atoms with E-state index < -0.39 is 30.6 Å². The summed E-state index contributed by atoms with van der Waals surface area (Å²) in [6.45, 7) is 33.0. The van der Waals surface area contributed by atoms with E-state index in [1.54, 1.807) is 0 Å². The molecule has 7 heteroatoms. The van der Waals surface area contributed by atoms with Crippen molar-refractivity contribution in [2.24, 2.45) is 0 Å². The Morgan fingerprint density at radius 2 is 1.17 bits per heavy atom. The summed E-state index contributed by atoms with van der Waals surface area (Å²) in [6.07, 6.45) is 1.58. The lowest BCUT2D eigenvalue weighted by Crippen LogP contribution is -2.66. The van der Waals surface area contributed by atoms with Crippen LogP contribution in [0.4, 0.5) is 0 Å². The van der Waals surface area contributed by atoms with E-state index in [0.29, 0.717) is 6.61 Å². The second-order valence-electron chi connectivity index (χ2n) is 15.0. The molecular weight excluding hydrogens is 497 g/mol. The van der Waals surface area contributed by atoms with E-state index in [1.165, 1.54) is 5.56 Å². The number of ether oxygens (including phenoxy) is 1. The fraction of sp³-hybridized carbons (Fsp3) is 0.793. The average Bonchev–Trinajstić information content (AvgIpc) is 2.67. The van der Waals surface area contributed by atoms with Gasteiger partial charge in [0, 0.05) is 12.8 Å². The molecule has 4 atom stereocenters. The standard InChI is InChI=1S/C29H56O4Si3/c1-27(2,3)35(11,12)31-25-20-24(30-22-23-18-16-15-17-19-23)21-26(29(25,7)33-34(8,9)10)32-36(13,14)28(4,5)6/h15-19,24-26H,20-22H2,1-14H3/t24?,25-,26+,29?. The highest BCUT2D eigenvalue weighted by Crippen LogP contribution is 2.47. The summed E-state index contributed by atoms with van der Waals surface area (Å²) in [5.74, 6) is 0. The summed E-state index contributed by atoms with van der Waals surface area (Å²) in [4.78, 5) is 0. The van der Waals surface area contributed by atoms with Gasteiger partial charge in [0.1, 0.15) is 5.60 Å². The van der Waals surface area contributed by atoms with E-state index in [4.69, 9.17) is 18.0 Å². The molecule has 1 aromatic rings. The monoisotopic (exact) mass is 552 g/mol. The maximum Gasteiger partial charge on any atom is 0.192 e. The van der Waals surface area contributed by atoms with Crippen LogP contribution in [0.25, 0.3) is 0 Å². The largest absolute Gasteiger partial charge is 0.411 e. The highest BCUT2D eigenvalue weighted by Gasteiger charge is 2.56. The molecule has 0 amide bonds. The van der Waals surface area contributed by atoms with Gasteiger partial charge in [0.2, 0.25) is 0 Å². The van der Waals surface area contributed by atoms with Crippen LogP contribution in [0.3, 0.4) is 0 Å². The van der Waals surface area contributed by atoms with Crippen LogP contribution in [-0.2, 0) is 24.6 Å². The molecule has 0 N–H and O–H groups in total. The number of benzene rings is 1. The minimum atomic E-state index is -2.06. The van der Waals surface area contributed by atoms with Gasteiger partial charge in [-0.2, -0.15) is 0 Å². The Balaban J connectivity index is 2.49. The van der Waals surface area contributed by atoms with Gasteiger partial charge < -0.3 is 18.0 Å². The molecule has 36 heavy (non-hydrogen) atoms. The summed E-state index contributed by atoms with van der Waals surface area (Å²) in [7, 11) is -6.03. The van der Waals surface area contributed by atoms with E-state index in [1.807, 2.05) is 0 Å². The molecule has 1 saturated carbocycles. The normalized spacial score (nSPS) is 26.8. The molecule has 208 valence electrons. The van der Waals surface area contributed by atoms with E-state index in [9.17, 15) is 0 Å². The SMILES string of the molecule is CC1(O[Si](C)(C)C)[C@@H](O[Si](C)(C)C(C)(C)C)CC(OCc2ccccc2)C[C@H]1O[Si](C)(C)C(C)(C)C. The first-order chi connectivity index (χ1) is 16.1. The third-order valence-corrected chi connectivity index (χ3v) is 18.6. The van der Waals surface area contributed by atoms with Gasteiger partial charge in [0.25, 0.3) is 0 Å². The topological polar surface area (TPSA) is 36.9 Å². The third kappa shape index (κ3) is 8.11. The van der Waals surface area contributed by atoms with Crippen molar-refractivity contribution in [2.45, 2.75) is 148 Å². The fourth-order valence-corrected chi connectivity index (χ4v) is 8.73. The van der Waals surface area contributed by atoms with Gasteiger partial charge in [-0.1, -0.05) is 71.9 Å². The molecule has 1 fully saturated rings. The lowest BCUT2D eigenvalue weighted by atomic mass is 9.79. The summed E-state index contributed by atoms with van der Waals surface area (Å²) < 4.78 is 28.1. The molecule has 1 aromatic carbocycles. The number of hydrogen-bond acceptors (Lipinski definition) is 4. The van der Waals surface area contributed by atoms with Crippen molar-refractivity contribution >= 4 is 25.0 Å². The first kappa shape index (κ1) is 31.9. The second-order valence-corrected chi connectivity index (χ2v) is 29.0. The molecule has 1 aliphatic carbocycles. The van der Waals surface area contributed by atoms with Gasteiger partial charge in [-0.3, -0.25) is 0 Å². The first-order valence-electron chi connectivity index (χ1n) is 13.8. The first-order valence-corrected chi connectivity index (χ1v) is 23.0. The van der Waals surface area contributed by atoms with Crippen LogP contribution in [-0.4, -0.2) is 48.9 Å². The van der Waals surface area contributed by atoms with Gasteiger partial charge in [0.15, 0.2) is 25.0 Å². The Kier molecular flexibility index (Phi) is 9.81. The maximum atomic E-state index is 7.21. The molecule has 4 nitrogen and oxygen atoms in total. The molecular formula is C29H56O4Si3. The molecule has 0 bridgehead atoms. The van der Waals surface area contributed by atoms with Gasteiger partial charge in [-0.15, -0.1) is 0 Å². The van der Waals surface area contributed by atoms with Crippen molar-refractivity contribution in [2.75, 3.05) is 0 Å². The Labute approximate surface area is 226 Å². The van der Waals surface area contributed by atoms with Crippen LogP contribution in [0.2, 0.25) is 55.9 Å². The predicted octanol–water partition coefficient (Wildman–Crippen LogP) is 8.76. The zero-order valence-electron chi connectivity index (χ0n) is 25.9. The molecule has 0 saturated heterocycles. The Hall–Kier alpha value is -0.289. The molecule has 0 radical (unpaired) electrons. The second kappa shape index (κ2) is 11.1. The summed E-state index contributed by atoms with van der Waals surface area (Å²) >= 11 is 0. The predicted molar refractivity (Wildman–Crippen MR) is 161 cm³/mol. The molecule has 0 heterocycles. The summed E-state index contributed by atoms with van der Waals surface area (Å²) in [5, 5.41) is 0.224. The van der Waals surface area contributed by atoms with Crippen LogP contribution in [0, 0.1) is 0 Å². The zero-order chi connectivity index (χ0) is 27.8. The van der Waals surface area contributed by atoms with Gasteiger partial charge in [-0.05, 0) is 68.4 Å². The minimum absolute atomic E-state index is 0.0630. The molecule has 2 rings (SSSR count). The number of hydrogen-bond donors (Lipinski definition) is 0. The average molecular weight is 553 g/mol. The van der Waals surface area contributed by atoms with E-state index in [0.717, 1.165) is 12.8 Å². The Morgan fingerprint density at radius 1 is 0.750 bits per heavy atom. The Bertz CT molecular complexity index is 797. The van der Waals surface area contributed by atoms with Gasteiger partial charge >= 0.3 is 0 Å². The fourth-order valence-electron chi connectivity index (χ4n) is 4.36. The van der Waals surface area contributed by atoms with Crippen LogP contribution in [0.5, 0.6) is 0 Å². The molecule has 0 aliphatic heterocycles. The van der Waals surface area contributed by atoms with E-state index >= 15 is 0 Å². The van der Waals surface area contributed by atoms with Crippen molar-refractivity contribution in [3.63, 3.8) is 0 Å². The quantitative estimate of drug-likeness (QED) is 0.287. The third-order valence-electron chi connectivity index (χ3n) is 8.57. The highest BCUT2D eigenvalue weighted by atomic mass is 28.4. The van der Waals surface area contributed by atoms with Crippen molar-refractivity contribution in [3.8, 4) is 0 Å². The molecule has 0 spiro atoms. The maximum absolute atomic E-state index is 7.21. The minimum Gasteiger partial charge on any atom is -0.411 e. The van der Waals surface area contributed by atoms with Crippen LogP contribution in [0.15, 0.2) is 30.3 Å². The highest BCUT2D eigenvalue weighted by molar-refractivity contribution is 6.74. The van der Waals surface area contributed by atoms with Crippen LogP contribution >= 0.6 is 0 Å². The van der Waals surface area contributed by atoms with E-state index in [-0.39, 0.29) is 28.4 Å². The molecule has 1 aliphatic rings. The Morgan fingerprint density at radius 3 is 1.53 bits per heavy atom. The zero-order valence-corrected chi connectivity index (χ0v) is 28.9. The summed E-state index contributed by atoms with van der Waals surface area (Å²) in [5.41, 5.74) is 0.690. The van der Waals surface area contributed by atoms with Crippen molar-refractivity contribution < 1.29 is 18.0 Å². The summed E-state index contributed by atoms with van der Waals surface area (Å²) in [6, 6.07) is 10.5. The van der Waals surface area contributed by atoms with E-state index in [2.05, 4.69) is 125 Å². The molecule has 2 unspecified atom stereocenters. The van der Waals surface area contributed by atoms with Crippen molar-refractivity contribution in [1.82, 2.24) is 0 Å². The lowest BCUT2D eigenvalue weighted by Gasteiger charge is -2.56. The van der Waals surface area contributed by atoms with Crippen molar-refractivity contribution in [3.05, 3.63) is 35.9 Å². The van der Waals surface area contributed by atoms with Crippen LogP contribution in [0.1, 0.15) is 66.9 Å². The van der Waals surface area contributed by atoms with Gasteiger partial charge in [0.05, 0.1) is 24.9 Å². The van der Waals surface area contributed by atoms with Crippen molar-refractivity contribution in [1.29, 1.82) is 0 Å².